The Bertz CT molecular complexity index is 712. The van der Waals surface area contributed by atoms with Gasteiger partial charge in [0.1, 0.15) is 0 Å². The van der Waals surface area contributed by atoms with Crippen molar-refractivity contribution in [2.24, 2.45) is 11.8 Å². The van der Waals surface area contributed by atoms with Gasteiger partial charge in [0.15, 0.2) is 0 Å². The molecule has 0 aromatic heterocycles. The third-order valence-electron chi connectivity index (χ3n) is 6.00. The van der Waals surface area contributed by atoms with Crippen molar-refractivity contribution < 1.29 is 19.4 Å². The number of hydrogen-bond donors (Lipinski definition) is 1. The van der Waals surface area contributed by atoms with Gasteiger partial charge < -0.3 is 14.7 Å². The van der Waals surface area contributed by atoms with Crippen molar-refractivity contribution in [1.29, 1.82) is 0 Å². The highest BCUT2D eigenvalue weighted by molar-refractivity contribution is 5.86. The molecule has 3 saturated heterocycles. The number of piperazine rings is 1. The zero-order chi connectivity index (χ0) is 18.8. The van der Waals surface area contributed by atoms with Crippen LogP contribution in [0.25, 0.3) is 6.08 Å². The quantitative estimate of drug-likeness (QED) is 0.855. The summed E-state index contributed by atoms with van der Waals surface area (Å²) in [5, 5.41) is 9.52. The molecule has 6 nitrogen and oxygen atoms in total. The van der Waals surface area contributed by atoms with Crippen molar-refractivity contribution in [2.75, 3.05) is 32.7 Å². The number of nitrogens with zero attached hydrogens (tertiary/aromatic N) is 2. The molecule has 0 spiro atoms. The van der Waals surface area contributed by atoms with Crippen LogP contribution in [0.4, 0.5) is 0 Å². The number of amides is 1. The van der Waals surface area contributed by atoms with E-state index < -0.39 is 17.8 Å². The normalized spacial score (nSPS) is 30.9. The molecule has 2 bridgehead atoms. The van der Waals surface area contributed by atoms with Gasteiger partial charge in [-0.15, -0.1) is 0 Å². The summed E-state index contributed by atoms with van der Waals surface area (Å²) in [7, 11) is 0. The van der Waals surface area contributed by atoms with E-state index in [1.54, 1.807) is 0 Å². The molecule has 0 radical (unpaired) electrons. The minimum Gasteiger partial charge on any atom is -0.481 e. The summed E-state index contributed by atoms with van der Waals surface area (Å²) < 4.78 is 5.74. The van der Waals surface area contributed by atoms with Crippen LogP contribution in [-0.4, -0.2) is 71.7 Å². The zero-order valence-corrected chi connectivity index (χ0v) is 15.4. The van der Waals surface area contributed by atoms with Crippen molar-refractivity contribution in [2.45, 2.75) is 25.0 Å². The van der Waals surface area contributed by atoms with Gasteiger partial charge in [-0.1, -0.05) is 42.5 Å². The first-order valence-electron chi connectivity index (χ1n) is 9.74. The molecule has 4 rings (SSSR count). The fourth-order valence-corrected chi connectivity index (χ4v) is 4.57. The fourth-order valence-electron chi connectivity index (χ4n) is 4.57. The third-order valence-corrected chi connectivity index (χ3v) is 6.00. The molecule has 1 N–H and O–H groups in total. The SMILES string of the molecule is O=C(O)[C@H]1[C@H](C(=O)N2CCN(C/C=C/c3ccccc3)CC2)[C@H]2CC[C@H]1O2. The Morgan fingerprint density at radius 2 is 1.70 bits per heavy atom. The molecule has 4 atom stereocenters. The number of rotatable bonds is 5. The van der Waals surface area contributed by atoms with Gasteiger partial charge in [-0.05, 0) is 18.4 Å². The van der Waals surface area contributed by atoms with E-state index in [1.807, 2.05) is 23.1 Å². The predicted octanol–water partition coefficient (Wildman–Crippen LogP) is 1.72. The summed E-state index contributed by atoms with van der Waals surface area (Å²) in [4.78, 5) is 28.7. The Morgan fingerprint density at radius 3 is 2.37 bits per heavy atom. The number of carbonyl (C=O) groups is 2. The molecule has 1 aromatic carbocycles. The van der Waals surface area contributed by atoms with Gasteiger partial charge in [-0.25, -0.2) is 0 Å². The van der Waals surface area contributed by atoms with Crippen molar-refractivity contribution in [3.63, 3.8) is 0 Å². The first kappa shape index (κ1) is 18.2. The van der Waals surface area contributed by atoms with Crippen LogP contribution >= 0.6 is 0 Å². The second kappa shape index (κ2) is 7.82. The molecule has 1 amide bonds. The first-order chi connectivity index (χ1) is 13.1. The fraction of sp³-hybridized carbons (Fsp3) is 0.524. The number of aliphatic carboxylic acids is 1. The summed E-state index contributed by atoms with van der Waals surface area (Å²) in [5.74, 6) is -2.12. The van der Waals surface area contributed by atoms with Gasteiger partial charge in [0.05, 0.1) is 24.0 Å². The number of hydrogen-bond acceptors (Lipinski definition) is 4. The summed E-state index contributed by atoms with van der Waals surface area (Å²) in [5.41, 5.74) is 1.18. The van der Waals surface area contributed by atoms with Crippen molar-refractivity contribution in [3.05, 3.63) is 42.0 Å². The molecule has 3 fully saturated rings. The summed E-state index contributed by atoms with van der Waals surface area (Å²) >= 11 is 0. The van der Waals surface area contributed by atoms with Crippen LogP contribution in [-0.2, 0) is 14.3 Å². The Labute approximate surface area is 159 Å². The second-order valence-corrected chi connectivity index (χ2v) is 7.62. The Balaban J connectivity index is 1.29. The Morgan fingerprint density at radius 1 is 1.04 bits per heavy atom. The van der Waals surface area contributed by atoms with Crippen molar-refractivity contribution in [3.8, 4) is 0 Å². The average Bonchev–Trinajstić information content (AvgIpc) is 3.30. The van der Waals surface area contributed by atoms with Crippen LogP contribution in [0.3, 0.4) is 0 Å². The second-order valence-electron chi connectivity index (χ2n) is 7.62. The molecule has 3 heterocycles. The monoisotopic (exact) mass is 370 g/mol. The maximum Gasteiger partial charge on any atom is 0.310 e. The zero-order valence-electron chi connectivity index (χ0n) is 15.4. The molecule has 0 aliphatic carbocycles. The van der Waals surface area contributed by atoms with E-state index in [0.29, 0.717) is 13.1 Å². The number of ether oxygens (including phenoxy) is 1. The Kier molecular flexibility index (Phi) is 5.27. The highest BCUT2D eigenvalue weighted by Gasteiger charge is 2.56. The molecule has 6 heteroatoms. The van der Waals surface area contributed by atoms with E-state index in [4.69, 9.17) is 4.74 Å². The minimum absolute atomic E-state index is 0.0333. The highest BCUT2D eigenvalue weighted by Crippen LogP contribution is 2.44. The van der Waals surface area contributed by atoms with Crippen LogP contribution < -0.4 is 0 Å². The third kappa shape index (κ3) is 3.77. The van der Waals surface area contributed by atoms with E-state index in [2.05, 4.69) is 29.2 Å². The van der Waals surface area contributed by atoms with Gasteiger partial charge in [0.25, 0.3) is 0 Å². The molecule has 0 unspecified atom stereocenters. The Hall–Kier alpha value is -2.18. The van der Waals surface area contributed by atoms with Gasteiger partial charge in [0.2, 0.25) is 5.91 Å². The van der Waals surface area contributed by atoms with Crippen LogP contribution in [0.1, 0.15) is 18.4 Å². The van der Waals surface area contributed by atoms with Crippen LogP contribution in [0.15, 0.2) is 36.4 Å². The number of carbonyl (C=O) groups excluding carboxylic acids is 1. The van der Waals surface area contributed by atoms with Crippen LogP contribution in [0.5, 0.6) is 0 Å². The largest absolute Gasteiger partial charge is 0.481 e. The molecular formula is C21H26N2O4. The van der Waals surface area contributed by atoms with Crippen LogP contribution in [0, 0.1) is 11.8 Å². The summed E-state index contributed by atoms with van der Waals surface area (Å²) in [6.07, 6.45) is 5.32. The topological polar surface area (TPSA) is 70.1 Å². The van der Waals surface area contributed by atoms with E-state index in [9.17, 15) is 14.7 Å². The van der Waals surface area contributed by atoms with E-state index in [-0.39, 0.29) is 18.1 Å². The molecule has 144 valence electrons. The molecule has 3 aliphatic heterocycles. The lowest BCUT2D eigenvalue weighted by Gasteiger charge is -2.37. The smallest absolute Gasteiger partial charge is 0.310 e. The lowest BCUT2D eigenvalue weighted by molar-refractivity contribution is -0.151. The number of carboxylic acids is 1. The molecule has 3 aliphatic rings. The van der Waals surface area contributed by atoms with Gasteiger partial charge in [-0.2, -0.15) is 0 Å². The molecule has 0 saturated carbocycles. The molecular weight excluding hydrogens is 344 g/mol. The van der Waals surface area contributed by atoms with E-state index in [0.717, 1.165) is 32.5 Å². The lowest BCUT2D eigenvalue weighted by atomic mass is 9.78. The van der Waals surface area contributed by atoms with E-state index >= 15 is 0 Å². The van der Waals surface area contributed by atoms with Crippen molar-refractivity contribution >= 4 is 18.0 Å². The first-order valence-corrected chi connectivity index (χ1v) is 9.74. The lowest BCUT2D eigenvalue weighted by Crippen LogP contribution is -2.53. The number of benzene rings is 1. The molecule has 27 heavy (non-hydrogen) atoms. The van der Waals surface area contributed by atoms with Gasteiger partial charge >= 0.3 is 5.97 Å². The summed E-state index contributed by atoms with van der Waals surface area (Å²) in [6, 6.07) is 10.2. The maximum atomic E-state index is 13.0. The summed E-state index contributed by atoms with van der Waals surface area (Å²) in [6.45, 7) is 3.77. The van der Waals surface area contributed by atoms with Gasteiger partial charge in [0, 0.05) is 32.7 Å². The predicted molar refractivity (Wildman–Crippen MR) is 101 cm³/mol. The van der Waals surface area contributed by atoms with Gasteiger partial charge in [-0.3, -0.25) is 14.5 Å². The highest BCUT2D eigenvalue weighted by atomic mass is 16.5. The number of carboxylic acid groups (broad SMARTS) is 1. The maximum absolute atomic E-state index is 13.0. The number of fused-ring (bicyclic) bond motifs is 2. The standard InChI is InChI=1S/C21H26N2O4/c24-20(18-16-8-9-17(27-16)19(18)21(25)26)23-13-11-22(12-14-23)10-4-7-15-5-2-1-3-6-15/h1-7,16-19H,8-14H2,(H,25,26)/b7-4+/t16-,17-,18-,19-/m1/s1. The minimum atomic E-state index is -0.898. The average molecular weight is 370 g/mol. The van der Waals surface area contributed by atoms with Crippen molar-refractivity contribution in [1.82, 2.24) is 9.80 Å². The van der Waals surface area contributed by atoms with E-state index in [1.165, 1.54) is 5.56 Å². The van der Waals surface area contributed by atoms with Crippen LogP contribution in [0.2, 0.25) is 0 Å². The molecule has 1 aromatic rings.